The first-order valence-electron chi connectivity index (χ1n) is 5.92. The monoisotopic (exact) mass is 278 g/mol. The van der Waals surface area contributed by atoms with Crippen LogP contribution in [0.15, 0.2) is 23.1 Å². The van der Waals surface area contributed by atoms with Gasteiger partial charge in [-0.3, -0.25) is 4.79 Å². The van der Waals surface area contributed by atoms with Crippen LogP contribution in [0.5, 0.6) is 0 Å². The highest BCUT2D eigenvalue weighted by molar-refractivity contribution is 8.00. The summed E-state index contributed by atoms with van der Waals surface area (Å²) >= 11 is 1.38. The van der Waals surface area contributed by atoms with Crippen LogP contribution >= 0.6 is 11.8 Å². The number of hydrogen-bond acceptors (Lipinski definition) is 5. The molecule has 102 valence electrons. The lowest BCUT2D eigenvalue weighted by Gasteiger charge is -2.19. The lowest BCUT2D eigenvalue weighted by Crippen LogP contribution is -2.24. The SMILES string of the molecule is CC(C)(C)OC(=O)CSc1ccc(N)c(CC#N)c1. The fourth-order valence-electron chi connectivity index (χ4n) is 1.42. The molecule has 0 bridgehead atoms. The van der Waals surface area contributed by atoms with Gasteiger partial charge in [-0.25, -0.2) is 0 Å². The lowest BCUT2D eigenvalue weighted by molar-refractivity contribution is -0.151. The van der Waals surface area contributed by atoms with E-state index in [9.17, 15) is 4.79 Å². The largest absolute Gasteiger partial charge is 0.459 e. The molecule has 0 aromatic heterocycles. The first-order chi connectivity index (χ1) is 8.81. The number of esters is 1. The van der Waals surface area contributed by atoms with Gasteiger partial charge >= 0.3 is 5.97 Å². The Kier molecular flexibility index (Phi) is 5.25. The van der Waals surface area contributed by atoms with Crippen LogP contribution in [0.2, 0.25) is 0 Å². The highest BCUT2D eigenvalue weighted by Crippen LogP contribution is 2.24. The minimum atomic E-state index is -0.468. The average Bonchev–Trinajstić information content (AvgIpc) is 2.28. The van der Waals surface area contributed by atoms with Crippen molar-refractivity contribution in [2.24, 2.45) is 0 Å². The second-order valence-electron chi connectivity index (χ2n) is 5.07. The molecule has 19 heavy (non-hydrogen) atoms. The fraction of sp³-hybridized carbons (Fsp3) is 0.429. The molecule has 0 aliphatic heterocycles. The van der Waals surface area contributed by atoms with Crippen molar-refractivity contribution in [2.75, 3.05) is 11.5 Å². The molecule has 0 atom stereocenters. The van der Waals surface area contributed by atoms with Crippen molar-refractivity contribution < 1.29 is 9.53 Å². The van der Waals surface area contributed by atoms with Crippen molar-refractivity contribution in [3.63, 3.8) is 0 Å². The number of rotatable bonds is 4. The third-order valence-electron chi connectivity index (χ3n) is 2.16. The Morgan fingerprint density at radius 3 is 2.74 bits per heavy atom. The average molecular weight is 278 g/mol. The number of hydrogen-bond donors (Lipinski definition) is 1. The maximum atomic E-state index is 11.6. The molecule has 0 spiro atoms. The highest BCUT2D eigenvalue weighted by Gasteiger charge is 2.16. The van der Waals surface area contributed by atoms with Gasteiger partial charge in [0.25, 0.3) is 0 Å². The molecule has 0 saturated carbocycles. The molecule has 1 rings (SSSR count). The van der Waals surface area contributed by atoms with Crippen LogP contribution in [0.3, 0.4) is 0 Å². The number of nitriles is 1. The van der Waals surface area contributed by atoms with Crippen LogP contribution in [-0.2, 0) is 16.0 Å². The molecule has 0 aliphatic carbocycles. The zero-order valence-electron chi connectivity index (χ0n) is 11.4. The molecule has 2 N–H and O–H groups in total. The Labute approximate surface area is 117 Å². The van der Waals surface area contributed by atoms with E-state index in [0.29, 0.717) is 5.69 Å². The summed E-state index contributed by atoms with van der Waals surface area (Å²) in [5, 5.41) is 8.69. The topological polar surface area (TPSA) is 76.1 Å². The van der Waals surface area contributed by atoms with Crippen molar-refractivity contribution in [3.05, 3.63) is 23.8 Å². The van der Waals surface area contributed by atoms with E-state index in [-0.39, 0.29) is 18.1 Å². The number of anilines is 1. The summed E-state index contributed by atoms with van der Waals surface area (Å²) in [5.41, 5.74) is 6.68. The van der Waals surface area contributed by atoms with Gasteiger partial charge in [0.15, 0.2) is 0 Å². The zero-order chi connectivity index (χ0) is 14.5. The molecule has 0 radical (unpaired) electrons. The van der Waals surface area contributed by atoms with Gasteiger partial charge in [-0.1, -0.05) is 0 Å². The number of nitrogens with two attached hydrogens (primary N) is 1. The maximum Gasteiger partial charge on any atom is 0.316 e. The van der Waals surface area contributed by atoms with Gasteiger partial charge in [-0.2, -0.15) is 5.26 Å². The number of carbonyl (C=O) groups is 1. The van der Waals surface area contributed by atoms with Crippen LogP contribution in [0.1, 0.15) is 26.3 Å². The Balaban J connectivity index is 2.61. The quantitative estimate of drug-likeness (QED) is 0.520. The van der Waals surface area contributed by atoms with Gasteiger partial charge in [0.05, 0.1) is 18.2 Å². The van der Waals surface area contributed by atoms with Gasteiger partial charge in [0.1, 0.15) is 5.60 Å². The number of carbonyl (C=O) groups excluding carboxylic acids is 1. The number of benzene rings is 1. The van der Waals surface area contributed by atoms with Gasteiger partial charge in [0, 0.05) is 10.6 Å². The Bertz CT molecular complexity index is 501. The van der Waals surface area contributed by atoms with Crippen molar-refractivity contribution in [1.82, 2.24) is 0 Å². The third kappa shape index (κ3) is 5.66. The molecule has 0 fully saturated rings. The first kappa shape index (κ1) is 15.4. The predicted octanol–water partition coefficient (Wildman–Crippen LogP) is 2.77. The molecular formula is C14H18N2O2S. The number of nitrogen functional groups attached to an aromatic ring is 1. The number of nitrogens with zero attached hydrogens (tertiary/aromatic N) is 1. The van der Waals surface area contributed by atoms with E-state index < -0.39 is 5.60 Å². The molecular weight excluding hydrogens is 260 g/mol. The van der Waals surface area contributed by atoms with Gasteiger partial charge in [0.2, 0.25) is 0 Å². The van der Waals surface area contributed by atoms with Crippen LogP contribution in [-0.4, -0.2) is 17.3 Å². The lowest BCUT2D eigenvalue weighted by atomic mass is 10.1. The molecule has 5 heteroatoms. The van der Waals surface area contributed by atoms with Crippen molar-refractivity contribution in [2.45, 2.75) is 37.7 Å². The maximum absolute atomic E-state index is 11.6. The van der Waals surface area contributed by atoms with E-state index in [0.717, 1.165) is 10.5 Å². The van der Waals surface area contributed by atoms with Crippen LogP contribution in [0.4, 0.5) is 5.69 Å². The molecule has 0 amide bonds. The Morgan fingerprint density at radius 2 is 2.16 bits per heavy atom. The predicted molar refractivity (Wildman–Crippen MR) is 76.7 cm³/mol. The summed E-state index contributed by atoms with van der Waals surface area (Å²) in [6.45, 7) is 5.51. The minimum absolute atomic E-state index is 0.243. The normalized spacial score (nSPS) is 10.8. The molecule has 0 unspecified atom stereocenters. The van der Waals surface area contributed by atoms with Crippen molar-refractivity contribution in [3.8, 4) is 6.07 Å². The van der Waals surface area contributed by atoms with Crippen molar-refractivity contribution in [1.29, 1.82) is 5.26 Å². The first-order valence-corrected chi connectivity index (χ1v) is 6.90. The second kappa shape index (κ2) is 6.48. The van der Waals surface area contributed by atoms with Gasteiger partial charge < -0.3 is 10.5 Å². The van der Waals surface area contributed by atoms with E-state index in [1.807, 2.05) is 32.9 Å². The standard InChI is InChI=1S/C14H18N2O2S/c1-14(2,3)18-13(17)9-19-11-4-5-12(16)10(8-11)6-7-15/h4-5,8H,6,9,16H2,1-3H3. The molecule has 1 aromatic rings. The van der Waals surface area contributed by atoms with Gasteiger partial charge in [-0.15, -0.1) is 11.8 Å². The highest BCUT2D eigenvalue weighted by atomic mass is 32.2. The number of thioether (sulfide) groups is 1. The fourth-order valence-corrected chi connectivity index (χ4v) is 2.16. The number of ether oxygens (including phenoxy) is 1. The summed E-state index contributed by atoms with van der Waals surface area (Å²) in [6, 6.07) is 7.50. The Hall–Kier alpha value is -1.67. The van der Waals surface area contributed by atoms with Crippen LogP contribution < -0.4 is 5.73 Å². The summed E-state index contributed by atoms with van der Waals surface area (Å²) in [4.78, 5) is 12.5. The van der Waals surface area contributed by atoms with Crippen LogP contribution in [0.25, 0.3) is 0 Å². The summed E-state index contributed by atoms with van der Waals surface area (Å²) in [5.74, 6) is -0.0103. The van der Waals surface area contributed by atoms with E-state index in [4.69, 9.17) is 15.7 Å². The van der Waals surface area contributed by atoms with Crippen molar-refractivity contribution >= 4 is 23.4 Å². The van der Waals surface area contributed by atoms with E-state index >= 15 is 0 Å². The second-order valence-corrected chi connectivity index (χ2v) is 6.12. The molecule has 4 nitrogen and oxygen atoms in total. The Morgan fingerprint density at radius 1 is 1.47 bits per heavy atom. The van der Waals surface area contributed by atoms with Gasteiger partial charge in [-0.05, 0) is 44.5 Å². The molecule has 0 heterocycles. The minimum Gasteiger partial charge on any atom is -0.459 e. The molecule has 0 saturated heterocycles. The molecule has 0 aliphatic rings. The van der Waals surface area contributed by atoms with E-state index in [2.05, 4.69) is 6.07 Å². The summed E-state index contributed by atoms with van der Waals surface area (Å²) in [7, 11) is 0. The summed E-state index contributed by atoms with van der Waals surface area (Å²) < 4.78 is 5.22. The third-order valence-corrected chi connectivity index (χ3v) is 3.13. The van der Waals surface area contributed by atoms with E-state index in [1.54, 1.807) is 6.07 Å². The smallest absolute Gasteiger partial charge is 0.316 e. The molecule has 1 aromatic carbocycles. The zero-order valence-corrected chi connectivity index (χ0v) is 12.2. The van der Waals surface area contributed by atoms with E-state index in [1.165, 1.54) is 11.8 Å². The summed E-state index contributed by atoms with van der Waals surface area (Å²) in [6.07, 6.45) is 0.271. The van der Waals surface area contributed by atoms with Crippen LogP contribution in [0, 0.1) is 11.3 Å².